The summed E-state index contributed by atoms with van der Waals surface area (Å²) in [6, 6.07) is 11.4. The number of sulfonamides is 1. The molecule has 2 fully saturated rings. The fourth-order valence-corrected chi connectivity index (χ4v) is 6.43. The van der Waals surface area contributed by atoms with Gasteiger partial charge in [-0.2, -0.15) is 16.1 Å². The third kappa shape index (κ3) is 4.23. The van der Waals surface area contributed by atoms with Gasteiger partial charge >= 0.3 is 0 Å². The van der Waals surface area contributed by atoms with Gasteiger partial charge in [0.1, 0.15) is 10.6 Å². The standard InChI is InChI=1S/C20H26N4O3S2/c1-22-7-8-24(19(15-22)16-5-3-2-4-6-16)20(25)18-13-17(14-21-18)29(26,27)23-9-11-28-12-10-23/h2-6,13-14,19,21H,7-12,15H2,1H3. The van der Waals surface area contributed by atoms with Crippen LogP contribution in [0.5, 0.6) is 0 Å². The smallest absolute Gasteiger partial charge is 0.270 e. The van der Waals surface area contributed by atoms with E-state index in [1.165, 1.54) is 16.6 Å². The average molecular weight is 435 g/mol. The molecule has 1 aromatic carbocycles. The van der Waals surface area contributed by atoms with Crippen molar-refractivity contribution in [3.63, 3.8) is 0 Å². The molecule has 2 saturated heterocycles. The zero-order chi connectivity index (χ0) is 20.4. The molecule has 1 atom stereocenters. The maximum Gasteiger partial charge on any atom is 0.270 e. The number of nitrogens with zero attached hydrogens (tertiary/aromatic N) is 3. The zero-order valence-electron chi connectivity index (χ0n) is 16.5. The minimum atomic E-state index is -3.57. The first kappa shape index (κ1) is 20.5. The normalized spacial score (nSPS) is 22.0. The van der Waals surface area contributed by atoms with E-state index in [2.05, 4.69) is 9.88 Å². The molecule has 0 radical (unpaired) electrons. The highest BCUT2D eigenvalue weighted by Crippen LogP contribution is 2.27. The molecule has 4 rings (SSSR count). The summed E-state index contributed by atoms with van der Waals surface area (Å²) in [5, 5.41) is 0. The topological polar surface area (TPSA) is 76.7 Å². The van der Waals surface area contributed by atoms with Gasteiger partial charge in [-0.3, -0.25) is 4.79 Å². The number of aromatic amines is 1. The third-order valence-electron chi connectivity index (χ3n) is 5.52. The van der Waals surface area contributed by atoms with Gasteiger partial charge in [-0.1, -0.05) is 30.3 Å². The number of hydrogen-bond donors (Lipinski definition) is 1. The van der Waals surface area contributed by atoms with Gasteiger partial charge in [0.25, 0.3) is 5.91 Å². The molecule has 2 aliphatic heterocycles. The molecule has 2 aliphatic rings. The summed E-state index contributed by atoms with van der Waals surface area (Å²) in [6.45, 7) is 3.14. The molecule has 1 aromatic heterocycles. The van der Waals surface area contributed by atoms with Gasteiger partial charge in [0.15, 0.2) is 0 Å². The van der Waals surface area contributed by atoms with Crippen LogP contribution in [0.4, 0.5) is 0 Å². The highest BCUT2D eigenvalue weighted by molar-refractivity contribution is 7.99. The highest BCUT2D eigenvalue weighted by Gasteiger charge is 2.33. The molecule has 0 aliphatic carbocycles. The number of hydrogen-bond acceptors (Lipinski definition) is 5. The maximum atomic E-state index is 13.3. The van der Waals surface area contributed by atoms with Crippen molar-refractivity contribution in [2.75, 3.05) is 51.3 Å². The number of rotatable bonds is 4. The summed E-state index contributed by atoms with van der Waals surface area (Å²) in [5.41, 5.74) is 1.40. The van der Waals surface area contributed by atoms with Gasteiger partial charge in [-0.05, 0) is 18.7 Å². The van der Waals surface area contributed by atoms with Crippen LogP contribution in [-0.4, -0.2) is 84.7 Å². The minimum Gasteiger partial charge on any atom is -0.356 e. The summed E-state index contributed by atoms with van der Waals surface area (Å²) >= 11 is 1.76. The predicted molar refractivity (Wildman–Crippen MR) is 115 cm³/mol. The third-order valence-corrected chi connectivity index (χ3v) is 8.34. The van der Waals surface area contributed by atoms with Crippen molar-refractivity contribution in [1.29, 1.82) is 0 Å². The molecular formula is C20H26N4O3S2. The summed E-state index contributed by atoms with van der Waals surface area (Å²) < 4.78 is 27.3. The van der Waals surface area contributed by atoms with Crippen LogP contribution in [0, 0.1) is 0 Å². The van der Waals surface area contributed by atoms with Gasteiger partial charge in [0.2, 0.25) is 10.0 Å². The Labute approximate surface area is 176 Å². The van der Waals surface area contributed by atoms with Gasteiger partial charge in [-0.25, -0.2) is 8.42 Å². The first-order valence-corrected chi connectivity index (χ1v) is 12.4. The van der Waals surface area contributed by atoms with Crippen LogP contribution < -0.4 is 0 Å². The second kappa shape index (κ2) is 8.51. The van der Waals surface area contributed by atoms with E-state index >= 15 is 0 Å². The number of nitrogens with one attached hydrogen (secondary N) is 1. The molecule has 7 nitrogen and oxygen atoms in total. The molecule has 2 aromatic rings. The average Bonchev–Trinajstić information content (AvgIpc) is 3.26. The monoisotopic (exact) mass is 434 g/mol. The van der Waals surface area contributed by atoms with Crippen molar-refractivity contribution < 1.29 is 13.2 Å². The van der Waals surface area contributed by atoms with E-state index in [1.54, 1.807) is 11.8 Å². The van der Waals surface area contributed by atoms with Gasteiger partial charge in [-0.15, -0.1) is 0 Å². The molecule has 29 heavy (non-hydrogen) atoms. The number of carbonyl (C=O) groups excluding carboxylic acids is 1. The Morgan fingerprint density at radius 2 is 1.83 bits per heavy atom. The molecule has 3 heterocycles. The Morgan fingerprint density at radius 3 is 2.55 bits per heavy atom. The van der Waals surface area contributed by atoms with Crippen molar-refractivity contribution >= 4 is 27.7 Å². The Hall–Kier alpha value is -1.81. The fourth-order valence-electron chi connectivity index (χ4n) is 3.86. The lowest BCUT2D eigenvalue weighted by Crippen LogP contribution is -2.49. The van der Waals surface area contributed by atoms with E-state index in [4.69, 9.17) is 0 Å². The lowest BCUT2D eigenvalue weighted by atomic mass is 10.0. The Morgan fingerprint density at radius 1 is 1.10 bits per heavy atom. The number of aromatic nitrogens is 1. The maximum absolute atomic E-state index is 13.3. The lowest BCUT2D eigenvalue weighted by Gasteiger charge is -2.40. The van der Waals surface area contributed by atoms with Crippen molar-refractivity contribution in [3.8, 4) is 0 Å². The van der Waals surface area contributed by atoms with Crippen LogP contribution in [0.1, 0.15) is 22.1 Å². The Kier molecular flexibility index (Phi) is 6.00. The Bertz CT molecular complexity index is 955. The van der Waals surface area contributed by atoms with Gasteiger partial charge < -0.3 is 14.8 Å². The quantitative estimate of drug-likeness (QED) is 0.795. The number of thioether (sulfide) groups is 1. The first-order chi connectivity index (χ1) is 14.0. The van der Waals surface area contributed by atoms with Crippen LogP contribution in [0.2, 0.25) is 0 Å². The van der Waals surface area contributed by atoms with Crippen molar-refractivity contribution in [3.05, 3.63) is 53.9 Å². The molecule has 1 unspecified atom stereocenters. The van der Waals surface area contributed by atoms with Crippen LogP contribution in [0.3, 0.4) is 0 Å². The molecule has 0 spiro atoms. The highest BCUT2D eigenvalue weighted by atomic mass is 32.2. The van der Waals surface area contributed by atoms with Crippen LogP contribution >= 0.6 is 11.8 Å². The van der Waals surface area contributed by atoms with E-state index in [0.717, 1.165) is 30.2 Å². The number of piperazine rings is 1. The molecule has 1 amide bonds. The molecule has 9 heteroatoms. The second-order valence-electron chi connectivity index (χ2n) is 7.45. The summed E-state index contributed by atoms with van der Waals surface area (Å²) in [6.07, 6.45) is 1.44. The first-order valence-electron chi connectivity index (χ1n) is 9.77. The van der Waals surface area contributed by atoms with E-state index in [0.29, 0.717) is 25.3 Å². The summed E-state index contributed by atoms with van der Waals surface area (Å²) in [4.78, 5) is 20.4. The lowest BCUT2D eigenvalue weighted by molar-refractivity contribution is 0.0493. The van der Waals surface area contributed by atoms with Gasteiger partial charge in [0.05, 0.1) is 6.04 Å². The SMILES string of the molecule is CN1CCN(C(=O)c2cc(S(=O)(=O)N3CCSCC3)c[nH]2)C(c2ccccc2)C1. The fraction of sp³-hybridized carbons (Fsp3) is 0.450. The number of likely N-dealkylation sites (N-methyl/N-ethyl adjacent to an activating group) is 1. The number of carbonyl (C=O) groups is 1. The predicted octanol–water partition coefficient (Wildman–Crippen LogP) is 1.88. The van der Waals surface area contributed by atoms with Crippen LogP contribution in [0.25, 0.3) is 0 Å². The number of H-pyrrole nitrogens is 1. The van der Waals surface area contributed by atoms with Crippen LogP contribution in [-0.2, 0) is 10.0 Å². The molecule has 0 saturated carbocycles. The van der Waals surface area contributed by atoms with Gasteiger partial charge in [0, 0.05) is 50.4 Å². The number of amides is 1. The van der Waals surface area contributed by atoms with E-state index in [1.807, 2.05) is 42.3 Å². The zero-order valence-corrected chi connectivity index (χ0v) is 18.1. The largest absolute Gasteiger partial charge is 0.356 e. The van der Waals surface area contributed by atoms with Crippen molar-refractivity contribution in [2.24, 2.45) is 0 Å². The van der Waals surface area contributed by atoms with E-state index in [9.17, 15) is 13.2 Å². The summed E-state index contributed by atoms with van der Waals surface area (Å²) in [5.74, 6) is 1.44. The minimum absolute atomic E-state index is 0.0649. The van der Waals surface area contributed by atoms with Crippen LogP contribution in [0.15, 0.2) is 47.5 Å². The van der Waals surface area contributed by atoms with E-state index < -0.39 is 10.0 Å². The van der Waals surface area contributed by atoms with Crippen molar-refractivity contribution in [2.45, 2.75) is 10.9 Å². The molecule has 156 valence electrons. The molecule has 1 N–H and O–H groups in total. The second-order valence-corrected chi connectivity index (χ2v) is 10.6. The summed E-state index contributed by atoms with van der Waals surface area (Å²) in [7, 11) is -1.52. The van der Waals surface area contributed by atoms with Crippen molar-refractivity contribution in [1.82, 2.24) is 19.1 Å². The number of benzene rings is 1. The molecular weight excluding hydrogens is 408 g/mol. The Balaban J connectivity index is 1.57. The molecule has 0 bridgehead atoms. The van der Waals surface area contributed by atoms with E-state index in [-0.39, 0.29) is 16.8 Å².